The van der Waals surface area contributed by atoms with E-state index in [4.69, 9.17) is 21.6 Å². The number of aromatic carboxylic acids is 1. The minimum Gasteiger partial charge on any atom is -0.492 e. The molecule has 0 fully saturated rings. The Balaban J connectivity index is 1.86. The van der Waals surface area contributed by atoms with Gasteiger partial charge in [0.25, 0.3) is 0 Å². The minimum atomic E-state index is -1.36. The van der Waals surface area contributed by atoms with Gasteiger partial charge in [0.15, 0.2) is 6.23 Å². The first-order chi connectivity index (χ1) is 17.2. The monoisotopic (exact) mass is 495 g/mol. The highest BCUT2D eigenvalue weighted by Gasteiger charge is 2.33. The van der Waals surface area contributed by atoms with E-state index in [2.05, 4.69) is 5.32 Å². The first-order valence-corrected chi connectivity index (χ1v) is 11.2. The van der Waals surface area contributed by atoms with Crippen LogP contribution < -0.4 is 21.5 Å². The molecular formula is C25H23F2N5O4. The van der Waals surface area contributed by atoms with Crippen LogP contribution in [0.4, 0.5) is 14.5 Å². The first-order valence-electron chi connectivity index (χ1n) is 11.2. The Hall–Kier alpha value is -4.38. The minimum absolute atomic E-state index is 0.00408. The van der Waals surface area contributed by atoms with Crippen molar-refractivity contribution in [3.63, 3.8) is 0 Å². The Morgan fingerprint density at radius 2 is 2.06 bits per heavy atom. The Kier molecular flexibility index (Phi) is 5.64. The van der Waals surface area contributed by atoms with E-state index >= 15 is 4.39 Å². The molecule has 0 amide bonds. The molecule has 5 rings (SSSR count). The molecular weight excluding hydrogens is 472 g/mol. The number of carbonyl (C=O) groups is 1. The number of rotatable bonds is 5. The first kappa shape index (κ1) is 23.4. The Bertz CT molecular complexity index is 1510. The highest BCUT2D eigenvalue weighted by molar-refractivity contribution is 6.08. The van der Waals surface area contributed by atoms with Crippen LogP contribution in [0.25, 0.3) is 16.5 Å². The van der Waals surface area contributed by atoms with Crippen LogP contribution in [0.3, 0.4) is 0 Å². The van der Waals surface area contributed by atoms with Crippen molar-refractivity contribution in [1.29, 1.82) is 5.41 Å². The summed E-state index contributed by atoms with van der Waals surface area (Å²) >= 11 is 0. The van der Waals surface area contributed by atoms with Crippen molar-refractivity contribution in [2.24, 2.45) is 5.73 Å². The molecule has 0 saturated heterocycles. The number of carboxylic acids is 1. The SMILES string of the molecule is N=C(N)c1cc(Cn2c(C(=O)O)c(C3=CC=CNC3O)c3c4c(c(F)cc32)CCCO4)c(F)cc1N. The highest BCUT2D eigenvalue weighted by Crippen LogP contribution is 2.44. The van der Waals surface area contributed by atoms with E-state index in [1.807, 2.05) is 0 Å². The lowest BCUT2D eigenvalue weighted by atomic mass is 9.95. The van der Waals surface area contributed by atoms with Crippen LogP contribution in [0.2, 0.25) is 0 Å². The summed E-state index contributed by atoms with van der Waals surface area (Å²) in [5.74, 6) is -2.85. The molecule has 0 radical (unpaired) electrons. The van der Waals surface area contributed by atoms with E-state index in [1.54, 1.807) is 12.2 Å². The molecule has 11 heteroatoms. The summed E-state index contributed by atoms with van der Waals surface area (Å²) in [6.45, 7) is -0.0255. The summed E-state index contributed by atoms with van der Waals surface area (Å²) in [4.78, 5) is 12.6. The van der Waals surface area contributed by atoms with Crippen molar-refractivity contribution in [2.75, 3.05) is 12.3 Å². The maximum Gasteiger partial charge on any atom is 0.353 e. The van der Waals surface area contributed by atoms with E-state index < -0.39 is 23.8 Å². The van der Waals surface area contributed by atoms with Crippen molar-refractivity contribution < 1.29 is 28.5 Å². The van der Waals surface area contributed by atoms with Crippen LogP contribution in [-0.2, 0) is 13.0 Å². The van der Waals surface area contributed by atoms with E-state index in [0.717, 1.165) is 6.07 Å². The molecule has 36 heavy (non-hydrogen) atoms. The van der Waals surface area contributed by atoms with E-state index in [-0.39, 0.29) is 57.3 Å². The van der Waals surface area contributed by atoms with Gasteiger partial charge in [-0.15, -0.1) is 0 Å². The number of ether oxygens (including phenoxy) is 1. The van der Waals surface area contributed by atoms with Gasteiger partial charge in [-0.1, -0.05) is 6.08 Å². The molecule has 1 unspecified atom stereocenters. The van der Waals surface area contributed by atoms with E-state index in [9.17, 15) is 19.4 Å². The number of carboxylic acid groups (broad SMARTS) is 1. The number of hydrogen-bond acceptors (Lipinski definition) is 6. The number of allylic oxidation sites excluding steroid dienone is 2. The number of aliphatic hydroxyl groups excluding tert-OH is 1. The fraction of sp³-hybridized carbons (Fsp3) is 0.200. The molecule has 186 valence electrons. The summed E-state index contributed by atoms with van der Waals surface area (Å²) in [6, 6.07) is 3.49. The Morgan fingerprint density at radius 1 is 1.28 bits per heavy atom. The van der Waals surface area contributed by atoms with Crippen LogP contribution in [0.15, 0.2) is 36.6 Å². The number of hydrogen-bond donors (Lipinski definition) is 6. The van der Waals surface area contributed by atoms with Gasteiger partial charge in [-0.3, -0.25) is 5.41 Å². The van der Waals surface area contributed by atoms with Gasteiger partial charge in [-0.05, 0) is 43.3 Å². The molecule has 1 aromatic heterocycles. The normalized spacial score (nSPS) is 16.8. The van der Waals surface area contributed by atoms with Crippen molar-refractivity contribution in [1.82, 2.24) is 9.88 Å². The molecule has 2 aliphatic heterocycles. The molecule has 2 aromatic carbocycles. The van der Waals surface area contributed by atoms with E-state index in [1.165, 1.54) is 22.9 Å². The molecule has 0 saturated carbocycles. The number of aliphatic hydroxyl groups is 1. The third-order valence-corrected chi connectivity index (χ3v) is 6.42. The summed E-state index contributed by atoms with van der Waals surface area (Å²) in [6.07, 6.45) is 4.42. The molecule has 3 heterocycles. The quantitative estimate of drug-likeness (QED) is 0.180. The Morgan fingerprint density at radius 3 is 2.75 bits per heavy atom. The number of aromatic nitrogens is 1. The summed E-state index contributed by atoms with van der Waals surface area (Å²) in [7, 11) is 0. The van der Waals surface area contributed by atoms with Gasteiger partial charge in [0.05, 0.1) is 24.1 Å². The van der Waals surface area contributed by atoms with Crippen LogP contribution in [0.5, 0.6) is 5.75 Å². The zero-order valence-corrected chi connectivity index (χ0v) is 18.9. The maximum absolute atomic E-state index is 15.2. The molecule has 0 bridgehead atoms. The summed E-state index contributed by atoms with van der Waals surface area (Å²) in [5.41, 5.74) is 12.0. The highest BCUT2D eigenvalue weighted by atomic mass is 19.1. The van der Waals surface area contributed by atoms with Gasteiger partial charge in [0, 0.05) is 33.5 Å². The molecule has 0 spiro atoms. The van der Waals surface area contributed by atoms with Crippen LogP contribution >= 0.6 is 0 Å². The number of anilines is 1. The van der Waals surface area contributed by atoms with Gasteiger partial charge in [-0.25, -0.2) is 13.6 Å². The lowest BCUT2D eigenvalue weighted by molar-refractivity contribution is 0.0685. The second-order valence-electron chi connectivity index (χ2n) is 8.62. The van der Waals surface area contributed by atoms with Crippen LogP contribution in [-0.4, -0.2) is 39.4 Å². The van der Waals surface area contributed by atoms with Crippen molar-refractivity contribution in [3.05, 3.63) is 76.1 Å². The average molecular weight is 495 g/mol. The predicted molar refractivity (Wildman–Crippen MR) is 130 cm³/mol. The summed E-state index contributed by atoms with van der Waals surface area (Å²) in [5, 5.41) is 31.7. The second kappa shape index (κ2) is 8.68. The molecule has 3 aromatic rings. The number of nitrogens with one attached hydrogen (secondary N) is 2. The molecule has 1 atom stereocenters. The predicted octanol–water partition coefficient (Wildman–Crippen LogP) is 2.68. The number of dihydropyridines is 1. The largest absolute Gasteiger partial charge is 0.492 e. The zero-order valence-electron chi connectivity index (χ0n) is 18.9. The fourth-order valence-corrected chi connectivity index (χ4v) is 4.82. The molecule has 9 nitrogen and oxygen atoms in total. The van der Waals surface area contributed by atoms with Crippen LogP contribution in [0.1, 0.15) is 39.2 Å². The number of fused-ring (bicyclic) bond motifs is 3. The van der Waals surface area contributed by atoms with Gasteiger partial charge in [0.2, 0.25) is 0 Å². The number of nitrogens with zero attached hydrogens (tertiary/aromatic N) is 1. The number of benzene rings is 2. The van der Waals surface area contributed by atoms with Gasteiger partial charge >= 0.3 is 5.97 Å². The van der Waals surface area contributed by atoms with Crippen molar-refractivity contribution in [3.8, 4) is 5.75 Å². The molecule has 0 aliphatic carbocycles. The smallest absolute Gasteiger partial charge is 0.353 e. The molecule has 2 aliphatic rings. The van der Waals surface area contributed by atoms with Gasteiger partial charge in [0.1, 0.15) is 28.9 Å². The van der Waals surface area contributed by atoms with E-state index in [0.29, 0.717) is 30.4 Å². The van der Waals surface area contributed by atoms with Gasteiger partial charge < -0.3 is 36.3 Å². The third-order valence-electron chi connectivity index (χ3n) is 6.42. The number of halogens is 2. The molecule has 8 N–H and O–H groups in total. The standard InChI is InChI=1S/C25H23F2N5O4/c26-15-8-17(28)14(23(29)30)7-11(15)10-32-18-9-16(27)12-4-2-6-36-22(12)20(18)19(21(32)25(34)35)13-3-1-5-31-24(13)33/h1,3,5,7-9,24,31,33H,2,4,6,10,28H2,(H3,29,30)(H,34,35). The number of nitrogens with two attached hydrogens (primary N) is 2. The van der Waals surface area contributed by atoms with Crippen molar-refractivity contribution in [2.45, 2.75) is 25.6 Å². The lowest BCUT2D eigenvalue weighted by Gasteiger charge is -2.22. The summed E-state index contributed by atoms with van der Waals surface area (Å²) < 4.78 is 37.3. The Labute approximate surface area is 203 Å². The number of amidine groups is 1. The maximum atomic E-state index is 15.2. The second-order valence-corrected chi connectivity index (χ2v) is 8.62. The third kappa shape index (κ3) is 3.64. The van der Waals surface area contributed by atoms with Crippen LogP contribution in [0, 0.1) is 17.0 Å². The van der Waals surface area contributed by atoms with Crippen molar-refractivity contribution >= 4 is 34.0 Å². The fourth-order valence-electron chi connectivity index (χ4n) is 4.82. The zero-order chi connectivity index (χ0) is 25.7. The van der Waals surface area contributed by atoms with Gasteiger partial charge in [-0.2, -0.15) is 0 Å². The number of nitrogen functional groups attached to an aromatic ring is 2. The lowest BCUT2D eigenvalue weighted by Crippen LogP contribution is -2.28. The average Bonchev–Trinajstić information content (AvgIpc) is 3.15. The topological polar surface area (TPSA) is 160 Å².